The van der Waals surface area contributed by atoms with Gasteiger partial charge in [-0.05, 0) is 67.1 Å². The van der Waals surface area contributed by atoms with Crippen molar-refractivity contribution in [2.24, 2.45) is 0 Å². The largest absolute Gasteiger partial charge is 0.368 e. The van der Waals surface area contributed by atoms with Gasteiger partial charge in [0.1, 0.15) is 0 Å². The van der Waals surface area contributed by atoms with Crippen molar-refractivity contribution in [3.05, 3.63) is 83.9 Å². The zero-order valence-corrected chi connectivity index (χ0v) is 24.0. The molecule has 1 aliphatic carbocycles. The fourth-order valence-electron chi connectivity index (χ4n) is 5.54. The van der Waals surface area contributed by atoms with Crippen molar-refractivity contribution in [2.75, 3.05) is 48.0 Å². The van der Waals surface area contributed by atoms with E-state index in [1.165, 1.54) is 12.0 Å². The van der Waals surface area contributed by atoms with Crippen LogP contribution >= 0.6 is 11.8 Å². The molecule has 1 saturated heterocycles. The van der Waals surface area contributed by atoms with Crippen LogP contribution in [0.1, 0.15) is 48.0 Å². The molecule has 1 saturated carbocycles. The molecule has 7 nitrogen and oxygen atoms in total. The van der Waals surface area contributed by atoms with Crippen molar-refractivity contribution in [3.63, 3.8) is 0 Å². The monoisotopic (exact) mass is 557 g/mol. The Hall–Kier alpha value is -3.49. The van der Waals surface area contributed by atoms with E-state index >= 15 is 0 Å². The van der Waals surface area contributed by atoms with Crippen LogP contribution < -0.4 is 20.9 Å². The van der Waals surface area contributed by atoms with Crippen LogP contribution in [-0.4, -0.2) is 55.3 Å². The first-order valence-corrected chi connectivity index (χ1v) is 15.5. The number of hydrogen-bond donors (Lipinski definition) is 3. The average Bonchev–Trinajstić information content (AvgIpc) is 2.99. The van der Waals surface area contributed by atoms with Crippen LogP contribution in [0.5, 0.6) is 0 Å². The number of anilines is 3. The summed E-state index contributed by atoms with van der Waals surface area (Å²) < 4.78 is 0. The first kappa shape index (κ1) is 28.1. The highest BCUT2D eigenvalue weighted by Crippen LogP contribution is 2.28. The van der Waals surface area contributed by atoms with E-state index in [4.69, 9.17) is 0 Å². The second-order valence-corrected chi connectivity index (χ2v) is 11.5. The zero-order chi connectivity index (χ0) is 27.7. The second-order valence-electron chi connectivity index (χ2n) is 10.6. The SMILES string of the molecule is CSc1ccc(NC(=O)Nc2ccc(N3CCN(Cc4ccccc4)CC3)c(C(=O)NC3CCCCC3)c2)cc1. The third-order valence-corrected chi connectivity index (χ3v) is 8.49. The first-order valence-electron chi connectivity index (χ1n) is 14.3. The maximum atomic E-state index is 13.6. The van der Waals surface area contributed by atoms with Crippen LogP contribution in [0, 0.1) is 0 Å². The number of benzene rings is 3. The number of rotatable bonds is 8. The molecule has 0 atom stereocenters. The van der Waals surface area contributed by atoms with Gasteiger partial charge in [-0.25, -0.2) is 4.79 Å². The average molecular weight is 558 g/mol. The van der Waals surface area contributed by atoms with E-state index in [0.717, 1.165) is 74.7 Å². The van der Waals surface area contributed by atoms with Gasteiger partial charge in [0.15, 0.2) is 0 Å². The van der Waals surface area contributed by atoms with Gasteiger partial charge in [0.2, 0.25) is 0 Å². The van der Waals surface area contributed by atoms with Crippen molar-refractivity contribution in [2.45, 2.75) is 49.6 Å². The highest BCUT2D eigenvalue weighted by atomic mass is 32.2. The summed E-state index contributed by atoms with van der Waals surface area (Å²) >= 11 is 1.66. The second kappa shape index (κ2) is 13.7. The lowest BCUT2D eigenvalue weighted by atomic mass is 9.95. The molecule has 0 aromatic heterocycles. The molecule has 3 amide bonds. The van der Waals surface area contributed by atoms with Crippen LogP contribution in [0.25, 0.3) is 0 Å². The molecule has 3 aromatic carbocycles. The fraction of sp³-hybridized carbons (Fsp3) is 0.375. The number of amides is 3. The molecule has 210 valence electrons. The zero-order valence-electron chi connectivity index (χ0n) is 23.2. The maximum Gasteiger partial charge on any atom is 0.323 e. The minimum absolute atomic E-state index is 0.0645. The van der Waals surface area contributed by atoms with Gasteiger partial charge in [0.05, 0.1) is 5.56 Å². The lowest BCUT2D eigenvalue weighted by Gasteiger charge is -2.37. The summed E-state index contributed by atoms with van der Waals surface area (Å²) in [5.74, 6) is -0.0645. The molecule has 1 aliphatic heterocycles. The van der Waals surface area contributed by atoms with Crippen molar-refractivity contribution in [1.82, 2.24) is 10.2 Å². The predicted octanol–water partition coefficient (Wildman–Crippen LogP) is 6.44. The lowest BCUT2D eigenvalue weighted by Crippen LogP contribution is -2.46. The quantitative estimate of drug-likeness (QED) is 0.278. The molecule has 0 spiro atoms. The lowest BCUT2D eigenvalue weighted by molar-refractivity contribution is 0.0928. The Labute approximate surface area is 241 Å². The van der Waals surface area contributed by atoms with Gasteiger partial charge in [-0.2, -0.15) is 0 Å². The Morgan fingerprint density at radius 1 is 0.825 bits per heavy atom. The Morgan fingerprint density at radius 3 is 2.20 bits per heavy atom. The molecule has 2 aliphatic rings. The molecule has 3 N–H and O–H groups in total. The molecule has 2 fully saturated rings. The van der Waals surface area contributed by atoms with Crippen LogP contribution in [0.3, 0.4) is 0 Å². The third-order valence-electron chi connectivity index (χ3n) is 7.75. The highest BCUT2D eigenvalue weighted by Gasteiger charge is 2.24. The topological polar surface area (TPSA) is 76.7 Å². The number of thioether (sulfide) groups is 1. The Kier molecular flexibility index (Phi) is 9.63. The highest BCUT2D eigenvalue weighted by molar-refractivity contribution is 7.98. The molecular weight excluding hydrogens is 518 g/mol. The Balaban J connectivity index is 1.28. The maximum absolute atomic E-state index is 13.6. The minimum Gasteiger partial charge on any atom is -0.368 e. The van der Waals surface area contributed by atoms with Crippen LogP contribution in [0.4, 0.5) is 21.9 Å². The first-order chi connectivity index (χ1) is 19.6. The molecule has 1 heterocycles. The molecule has 0 radical (unpaired) electrons. The van der Waals surface area contributed by atoms with Gasteiger partial charge in [0.25, 0.3) is 5.91 Å². The van der Waals surface area contributed by atoms with Crippen molar-refractivity contribution < 1.29 is 9.59 Å². The van der Waals surface area contributed by atoms with Gasteiger partial charge < -0.3 is 20.9 Å². The summed E-state index contributed by atoms with van der Waals surface area (Å²) in [4.78, 5) is 32.2. The van der Waals surface area contributed by atoms with Gasteiger partial charge in [-0.15, -0.1) is 11.8 Å². The number of nitrogens with zero attached hydrogens (tertiary/aromatic N) is 2. The fourth-order valence-corrected chi connectivity index (χ4v) is 5.95. The predicted molar refractivity (Wildman–Crippen MR) is 166 cm³/mol. The summed E-state index contributed by atoms with van der Waals surface area (Å²) in [5, 5.41) is 9.08. The van der Waals surface area contributed by atoms with Crippen molar-refractivity contribution in [1.29, 1.82) is 0 Å². The van der Waals surface area contributed by atoms with Gasteiger partial charge in [-0.3, -0.25) is 9.69 Å². The number of carbonyl (C=O) groups is 2. The van der Waals surface area contributed by atoms with Crippen molar-refractivity contribution >= 4 is 40.8 Å². The van der Waals surface area contributed by atoms with E-state index in [9.17, 15) is 9.59 Å². The number of nitrogens with one attached hydrogen (secondary N) is 3. The standard InChI is InChI=1S/C32H39N5O2S/c1-40-28-15-12-26(13-16-28)34-32(39)35-27-14-17-30(29(22-27)31(38)33-25-10-6-3-7-11-25)37-20-18-36(19-21-37)23-24-8-4-2-5-9-24/h2,4-5,8-9,12-17,22,25H,3,6-7,10-11,18-21,23H2,1H3,(H,33,38)(H2,34,35,39). The molecule has 3 aromatic rings. The van der Waals surface area contributed by atoms with Crippen LogP contribution in [0.15, 0.2) is 77.7 Å². The number of carbonyl (C=O) groups excluding carboxylic acids is 2. The van der Waals surface area contributed by atoms with Crippen LogP contribution in [-0.2, 0) is 6.54 Å². The Morgan fingerprint density at radius 2 is 1.50 bits per heavy atom. The van der Waals surface area contributed by atoms with Gasteiger partial charge in [0, 0.05) is 60.7 Å². The summed E-state index contributed by atoms with van der Waals surface area (Å²) in [5.41, 5.74) is 4.17. The molecule has 8 heteroatoms. The molecule has 0 bridgehead atoms. The van der Waals surface area contributed by atoms with E-state index in [1.807, 2.05) is 54.8 Å². The molecule has 0 unspecified atom stereocenters. The van der Waals surface area contributed by atoms with Crippen molar-refractivity contribution in [3.8, 4) is 0 Å². The summed E-state index contributed by atoms with van der Waals surface area (Å²) in [6.07, 6.45) is 7.61. The van der Waals surface area contributed by atoms with E-state index < -0.39 is 0 Å². The summed E-state index contributed by atoms with van der Waals surface area (Å²) in [6, 6.07) is 23.8. The normalized spacial score (nSPS) is 16.4. The number of hydrogen-bond acceptors (Lipinski definition) is 5. The van der Waals surface area contributed by atoms with E-state index in [2.05, 4.69) is 50.0 Å². The smallest absolute Gasteiger partial charge is 0.323 e. The van der Waals surface area contributed by atoms with Crippen LogP contribution in [0.2, 0.25) is 0 Å². The van der Waals surface area contributed by atoms with E-state index in [0.29, 0.717) is 11.3 Å². The summed E-state index contributed by atoms with van der Waals surface area (Å²) in [6.45, 7) is 4.47. The molecule has 5 rings (SSSR count). The van der Waals surface area contributed by atoms with E-state index in [1.54, 1.807) is 11.8 Å². The van der Waals surface area contributed by atoms with Gasteiger partial charge in [-0.1, -0.05) is 49.6 Å². The minimum atomic E-state index is -0.335. The number of piperazine rings is 1. The summed E-state index contributed by atoms with van der Waals surface area (Å²) in [7, 11) is 0. The molecule has 40 heavy (non-hydrogen) atoms. The van der Waals surface area contributed by atoms with E-state index in [-0.39, 0.29) is 18.0 Å². The molecular formula is C32H39N5O2S. The third kappa shape index (κ3) is 7.58. The van der Waals surface area contributed by atoms with Gasteiger partial charge >= 0.3 is 6.03 Å². The Bertz CT molecular complexity index is 1270. The number of urea groups is 1.